The van der Waals surface area contributed by atoms with Crippen molar-refractivity contribution < 1.29 is 28.6 Å². The molecule has 0 spiro atoms. The van der Waals surface area contributed by atoms with Crippen molar-refractivity contribution in [3.8, 4) is 0 Å². The molecular weight excluding hydrogens is 937 g/mol. The Bertz CT molecular complexity index is 1230. The Labute approximate surface area is 474 Å². The quantitative estimate of drug-likeness (QED) is 0.0261. The highest BCUT2D eigenvalue weighted by Gasteiger charge is 2.19. The van der Waals surface area contributed by atoms with Gasteiger partial charge in [0.2, 0.25) is 0 Å². The standard InChI is InChI=1S/C70H132O6/c1-4-7-10-13-16-19-22-25-28-31-32-33-34-35-36-37-38-40-42-45-48-51-54-57-60-63-69(72)75-66-67(65-74-68(71)62-59-56-53-50-47-44-41-30-27-24-21-18-15-12-9-6-3)76-70(73)64-61-58-55-52-49-46-43-39-29-26-23-20-17-14-11-8-5-2/h22,25,31-32,67H,4-21,23-24,26-30,33-66H2,1-3H3/b25-22-,32-31-. The van der Waals surface area contributed by atoms with Crippen molar-refractivity contribution >= 4 is 17.9 Å². The van der Waals surface area contributed by atoms with E-state index in [1.165, 1.54) is 283 Å². The fourth-order valence-corrected chi connectivity index (χ4v) is 10.5. The fraction of sp³-hybridized carbons (Fsp3) is 0.900. The summed E-state index contributed by atoms with van der Waals surface area (Å²) in [6.07, 6.45) is 79.1. The summed E-state index contributed by atoms with van der Waals surface area (Å²) in [4.78, 5) is 38.4. The number of carbonyl (C=O) groups excluding carboxylic acids is 3. The van der Waals surface area contributed by atoms with E-state index in [4.69, 9.17) is 14.2 Å². The number of esters is 3. The molecule has 0 aromatic carbocycles. The lowest BCUT2D eigenvalue weighted by Gasteiger charge is -2.18. The van der Waals surface area contributed by atoms with Gasteiger partial charge in [-0.3, -0.25) is 14.4 Å². The molecule has 0 radical (unpaired) electrons. The molecule has 0 rings (SSSR count). The predicted molar refractivity (Wildman–Crippen MR) is 330 cm³/mol. The molecule has 0 aromatic heterocycles. The molecular formula is C70H132O6. The van der Waals surface area contributed by atoms with Gasteiger partial charge in [0.1, 0.15) is 13.2 Å². The molecule has 76 heavy (non-hydrogen) atoms. The van der Waals surface area contributed by atoms with Crippen molar-refractivity contribution in [2.24, 2.45) is 0 Å². The van der Waals surface area contributed by atoms with Crippen LogP contribution in [0.4, 0.5) is 0 Å². The first-order chi connectivity index (χ1) is 37.5. The molecule has 0 fully saturated rings. The summed E-state index contributed by atoms with van der Waals surface area (Å²) < 4.78 is 17.0. The molecule has 1 unspecified atom stereocenters. The van der Waals surface area contributed by atoms with E-state index in [1.54, 1.807) is 0 Å². The van der Waals surface area contributed by atoms with Crippen LogP contribution in [0.2, 0.25) is 0 Å². The Kier molecular flexibility index (Phi) is 63.6. The minimum Gasteiger partial charge on any atom is -0.462 e. The van der Waals surface area contributed by atoms with Crippen molar-refractivity contribution in [1.29, 1.82) is 0 Å². The van der Waals surface area contributed by atoms with E-state index in [0.717, 1.165) is 64.2 Å². The second-order valence-electron chi connectivity index (χ2n) is 23.5. The lowest BCUT2D eigenvalue weighted by molar-refractivity contribution is -0.167. The molecule has 0 amide bonds. The zero-order valence-corrected chi connectivity index (χ0v) is 51.6. The molecule has 0 aliphatic heterocycles. The molecule has 0 saturated carbocycles. The summed E-state index contributed by atoms with van der Waals surface area (Å²) in [6, 6.07) is 0. The van der Waals surface area contributed by atoms with Crippen LogP contribution in [-0.2, 0) is 28.6 Å². The van der Waals surface area contributed by atoms with Gasteiger partial charge in [0.05, 0.1) is 0 Å². The van der Waals surface area contributed by atoms with Gasteiger partial charge < -0.3 is 14.2 Å². The fourth-order valence-electron chi connectivity index (χ4n) is 10.5. The maximum absolute atomic E-state index is 12.9. The number of unbranched alkanes of at least 4 members (excludes halogenated alkanes) is 49. The first-order valence-electron chi connectivity index (χ1n) is 34.3. The molecule has 0 aromatic rings. The second-order valence-corrected chi connectivity index (χ2v) is 23.5. The van der Waals surface area contributed by atoms with Crippen molar-refractivity contribution in [2.75, 3.05) is 13.2 Å². The van der Waals surface area contributed by atoms with E-state index < -0.39 is 6.10 Å². The lowest BCUT2D eigenvalue weighted by Crippen LogP contribution is -2.30. The molecule has 0 bridgehead atoms. The molecule has 6 heteroatoms. The van der Waals surface area contributed by atoms with Crippen LogP contribution in [0.15, 0.2) is 24.3 Å². The van der Waals surface area contributed by atoms with Crippen molar-refractivity contribution in [2.45, 2.75) is 393 Å². The van der Waals surface area contributed by atoms with E-state index in [2.05, 4.69) is 45.1 Å². The number of rotatable bonds is 64. The van der Waals surface area contributed by atoms with Crippen LogP contribution < -0.4 is 0 Å². The van der Waals surface area contributed by atoms with Crippen molar-refractivity contribution in [3.05, 3.63) is 24.3 Å². The van der Waals surface area contributed by atoms with Crippen LogP contribution >= 0.6 is 0 Å². The van der Waals surface area contributed by atoms with Gasteiger partial charge in [0, 0.05) is 19.3 Å². The molecule has 6 nitrogen and oxygen atoms in total. The molecule has 1 atom stereocenters. The summed E-state index contributed by atoms with van der Waals surface area (Å²) in [5.41, 5.74) is 0. The maximum Gasteiger partial charge on any atom is 0.306 e. The summed E-state index contributed by atoms with van der Waals surface area (Å²) >= 11 is 0. The average Bonchev–Trinajstić information content (AvgIpc) is 3.42. The predicted octanol–water partition coefficient (Wildman–Crippen LogP) is 23.4. The summed E-state index contributed by atoms with van der Waals surface area (Å²) in [7, 11) is 0. The highest BCUT2D eigenvalue weighted by atomic mass is 16.6. The summed E-state index contributed by atoms with van der Waals surface area (Å²) in [6.45, 7) is 6.71. The Morgan fingerprint density at radius 2 is 0.474 bits per heavy atom. The minimum atomic E-state index is -0.767. The van der Waals surface area contributed by atoms with Crippen molar-refractivity contribution in [1.82, 2.24) is 0 Å². The highest BCUT2D eigenvalue weighted by molar-refractivity contribution is 5.71. The van der Waals surface area contributed by atoms with Crippen LogP contribution in [0.25, 0.3) is 0 Å². The van der Waals surface area contributed by atoms with Gasteiger partial charge in [0.25, 0.3) is 0 Å². The first-order valence-corrected chi connectivity index (χ1v) is 34.3. The maximum atomic E-state index is 12.9. The zero-order chi connectivity index (χ0) is 55.0. The molecule has 0 aliphatic carbocycles. The largest absolute Gasteiger partial charge is 0.462 e. The average molecular weight is 1070 g/mol. The first kappa shape index (κ1) is 73.9. The summed E-state index contributed by atoms with van der Waals surface area (Å²) in [5, 5.41) is 0. The van der Waals surface area contributed by atoms with Crippen molar-refractivity contribution in [3.63, 3.8) is 0 Å². The lowest BCUT2D eigenvalue weighted by atomic mass is 10.0. The van der Waals surface area contributed by atoms with Crippen LogP contribution in [0.1, 0.15) is 387 Å². The monoisotopic (exact) mass is 1070 g/mol. The van der Waals surface area contributed by atoms with Gasteiger partial charge in [-0.05, 0) is 51.4 Å². The van der Waals surface area contributed by atoms with Gasteiger partial charge in [-0.2, -0.15) is 0 Å². The third-order valence-corrected chi connectivity index (χ3v) is 15.7. The molecule has 0 aliphatic rings. The van der Waals surface area contributed by atoms with E-state index in [-0.39, 0.29) is 31.1 Å². The third kappa shape index (κ3) is 62.7. The van der Waals surface area contributed by atoms with Gasteiger partial charge in [0.15, 0.2) is 6.10 Å². The Balaban J connectivity index is 4.25. The smallest absolute Gasteiger partial charge is 0.306 e. The third-order valence-electron chi connectivity index (χ3n) is 15.7. The number of hydrogen-bond donors (Lipinski definition) is 0. The molecule has 0 heterocycles. The van der Waals surface area contributed by atoms with Crippen LogP contribution in [0.3, 0.4) is 0 Å². The van der Waals surface area contributed by atoms with Crippen LogP contribution in [0, 0.1) is 0 Å². The zero-order valence-electron chi connectivity index (χ0n) is 51.6. The number of ether oxygens (including phenoxy) is 3. The van der Waals surface area contributed by atoms with E-state index in [1.807, 2.05) is 0 Å². The molecule has 0 saturated heterocycles. The SMILES string of the molecule is CCCCCCC/C=C\C/C=C\CCCCCCCCCCCCCCCC(=O)OCC(COC(=O)CCCCCCCCCCCCCCCCCC)OC(=O)CCCCCCCCCCCCCCCCCCC. The van der Waals surface area contributed by atoms with Crippen LogP contribution in [0.5, 0.6) is 0 Å². The van der Waals surface area contributed by atoms with Crippen LogP contribution in [-0.4, -0.2) is 37.2 Å². The Morgan fingerprint density at radius 1 is 0.263 bits per heavy atom. The van der Waals surface area contributed by atoms with Gasteiger partial charge in [-0.25, -0.2) is 0 Å². The van der Waals surface area contributed by atoms with Gasteiger partial charge >= 0.3 is 17.9 Å². The van der Waals surface area contributed by atoms with Gasteiger partial charge in [-0.1, -0.05) is 340 Å². The van der Waals surface area contributed by atoms with E-state index >= 15 is 0 Å². The normalized spacial score (nSPS) is 12.1. The summed E-state index contributed by atoms with van der Waals surface area (Å²) in [5.74, 6) is -0.832. The number of hydrogen-bond acceptors (Lipinski definition) is 6. The highest BCUT2D eigenvalue weighted by Crippen LogP contribution is 2.18. The van der Waals surface area contributed by atoms with Gasteiger partial charge in [-0.15, -0.1) is 0 Å². The minimum absolute atomic E-state index is 0.0641. The Morgan fingerprint density at radius 3 is 0.724 bits per heavy atom. The topological polar surface area (TPSA) is 78.9 Å². The Hall–Kier alpha value is -2.11. The molecule has 448 valence electrons. The molecule has 0 N–H and O–H groups in total. The van der Waals surface area contributed by atoms with E-state index in [9.17, 15) is 14.4 Å². The second kappa shape index (κ2) is 65.4. The number of carbonyl (C=O) groups is 3. The number of allylic oxidation sites excluding steroid dienone is 4. The van der Waals surface area contributed by atoms with E-state index in [0.29, 0.717) is 19.3 Å².